The molecule has 2 atom stereocenters. The molecule has 0 spiro atoms. The number of hydrogen-bond donors (Lipinski definition) is 2. The third kappa shape index (κ3) is 3.63. The molecule has 0 radical (unpaired) electrons. The third-order valence-corrected chi connectivity index (χ3v) is 4.23. The summed E-state index contributed by atoms with van der Waals surface area (Å²) >= 11 is 3.17. The fraction of sp³-hybridized carbons (Fsp3) is 0.538. The van der Waals surface area contributed by atoms with Crippen LogP contribution in [0.2, 0.25) is 0 Å². The van der Waals surface area contributed by atoms with Crippen LogP contribution in [0.1, 0.15) is 24.8 Å². The fourth-order valence-corrected chi connectivity index (χ4v) is 2.91. The largest absolute Gasteiger partial charge is 0.416 e. The molecule has 1 saturated carbocycles. The molecule has 0 amide bonds. The summed E-state index contributed by atoms with van der Waals surface area (Å²) in [4.78, 5) is 0. The first-order chi connectivity index (χ1) is 8.88. The van der Waals surface area contributed by atoms with Crippen molar-refractivity contribution in [1.82, 2.24) is 0 Å². The van der Waals surface area contributed by atoms with Gasteiger partial charge >= 0.3 is 6.18 Å². The quantitative estimate of drug-likeness (QED) is 0.875. The Kier molecular flexibility index (Phi) is 4.40. The molecular weight excluding hydrogens is 321 g/mol. The monoisotopic (exact) mass is 336 g/mol. The SMILES string of the molecule is NC1CCCC1CNc1ccc(C(F)(F)F)cc1Br. The Morgan fingerprint density at radius 3 is 2.58 bits per heavy atom. The number of nitrogens with two attached hydrogens (primary N) is 1. The van der Waals surface area contributed by atoms with Crippen molar-refractivity contribution in [2.24, 2.45) is 11.7 Å². The van der Waals surface area contributed by atoms with Gasteiger partial charge in [0.05, 0.1) is 5.56 Å². The summed E-state index contributed by atoms with van der Waals surface area (Å²) in [6, 6.07) is 3.83. The molecular formula is C13H16BrF3N2. The second-order valence-electron chi connectivity index (χ2n) is 4.93. The Balaban J connectivity index is 2.01. The highest BCUT2D eigenvalue weighted by Gasteiger charge is 2.31. The lowest BCUT2D eigenvalue weighted by Crippen LogP contribution is -2.29. The van der Waals surface area contributed by atoms with Crippen molar-refractivity contribution in [2.75, 3.05) is 11.9 Å². The van der Waals surface area contributed by atoms with Crippen LogP contribution in [-0.4, -0.2) is 12.6 Å². The molecule has 0 saturated heterocycles. The second kappa shape index (κ2) is 5.71. The lowest BCUT2D eigenvalue weighted by molar-refractivity contribution is -0.137. The van der Waals surface area contributed by atoms with Crippen molar-refractivity contribution in [3.05, 3.63) is 28.2 Å². The van der Waals surface area contributed by atoms with Gasteiger partial charge in [-0.25, -0.2) is 0 Å². The van der Waals surface area contributed by atoms with Gasteiger partial charge in [-0.15, -0.1) is 0 Å². The minimum Gasteiger partial charge on any atom is -0.384 e. The van der Waals surface area contributed by atoms with Crippen LogP contribution in [0.4, 0.5) is 18.9 Å². The number of rotatable bonds is 3. The molecule has 1 aromatic carbocycles. The molecule has 2 nitrogen and oxygen atoms in total. The van der Waals surface area contributed by atoms with Gasteiger partial charge in [0.25, 0.3) is 0 Å². The van der Waals surface area contributed by atoms with Gasteiger partial charge in [-0.05, 0) is 52.9 Å². The molecule has 106 valence electrons. The van der Waals surface area contributed by atoms with Gasteiger partial charge in [-0.1, -0.05) is 6.42 Å². The Morgan fingerprint density at radius 2 is 2.05 bits per heavy atom. The first-order valence-electron chi connectivity index (χ1n) is 6.24. The molecule has 2 rings (SSSR count). The van der Waals surface area contributed by atoms with Crippen molar-refractivity contribution in [3.8, 4) is 0 Å². The highest BCUT2D eigenvalue weighted by atomic mass is 79.9. The number of benzene rings is 1. The van der Waals surface area contributed by atoms with E-state index in [9.17, 15) is 13.2 Å². The molecule has 0 aliphatic heterocycles. The highest BCUT2D eigenvalue weighted by Crippen LogP contribution is 2.34. The van der Waals surface area contributed by atoms with E-state index in [2.05, 4.69) is 21.2 Å². The molecule has 1 aliphatic carbocycles. The van der Waals surface area contributed by atoms with Crippen LogP contribution in [0.3, 0.4) is 0 Å². The summed E-state index contributed by atoms with van der Waals surface area (Å²) in [5, 5.41) is 3.17. The summed E-state index contributed by atoms with van der Waals surface area (Å²) in [6.45, 7) is 0.700. The molecule has 6 heteroatoms. The average Bonchev–Trinajstić information content (AvgIpc) is 2.72. The fourth-order valence-electron chi connectivity index (χ4n) is 2.39. The first kappa shape index (κ1) is 14.7. The maximum absolute atomic E-state index is 12.5. The van der Waals surface area contributed by atoms with Crippen molar-refractivity contribution in [1.29, 1.82) is 0 Å². The summed E-state index contributed by atoms with van der Waals surface area (Å²) in [5.41, 5.74) is 5.98. The van der Waals surface area contributed by atoms with Crippen LogP contribution < -0.4 is 11.1 Å². The van der Waals surface area contributed by atoms with Crippen LogP contribution in [0.15, 0.2) is 22.7 Å². The van der Waals surface area contributed by atoms with E-state index in [0.717, 1.165) is 31.4 Å². The second-order valence-corrected chi connectivity index (χ2v) is 5.78. The molecule has 0 heterocycles. The van der Waals surface area contributed by atoms with Crippen LogP contribution >= 0.6 is 15.9 Å². The van der Waals surface area contributed by atoms with Gasteiger partial charge in [-0.3, -0.25) is 0 Å². The molecule has 0 bridgehead atoms. The normalized spacial score (nSPS) is 23.6. The molecule has 0 aromatic heterocycles. The molecule has 2 unspecified atom stereocenters. The summed E-state index contributed by atoms with van der Waals surface area (Å²) in [7, 11) is 0. The first-order valence-corrected chi connectivity index (χ1v) is 7.03. The van der Waals surface area contributed by atoms with Crippen LogP contribution in [0.25, 0.3) is 0 Å². The van der Waals surface area contributed by atoms with E-state index in [1.54, 1.807) is 0 Å². The van der Waals surface area contributed by atoms with Gasteiger partial charge in [0.15, 0.2) is 0 Å². The lowest BCUT2D eigenvalue weighted by Gasteiger charge is -2.18. The summed E-state index contributed by atoms with van der Waals surface area (Å²) < 4.78 is 38.0. The van der Waals surface area contributed by atoms with Crippen LogP contribution in [0.5, 0.6) is 0 Å². The molecule has 19 heavy (non-hydrogen) atoms. The molecule has 1 aromatic rings. The number of hydrogen-bond acceptors (Lipinski definition) is 2. The summed E-state index contributed by atoms with van der Waals surface area (Å²) in [5.74, 6) is 0.397. The van der Waals surface area contributed by atoms with Gasteiger partial charge in [0, 0.05) is 22.7 Å². The van der Waals surface area contributed by atoms with E-state index in [4.69, 9.17) is 5.73 Å². The van der Waals surface area contributed by atoms with Crippen molar-refractivity contribution < 1.29 is 13.2 Å². The Hall–Kier alpha value is -0.750. The zero-order chi connectivity index (χ0) is 14.0. The number of anilines is 1. The third-order valence-electron chi connectivity index (χ3n) is 3.57. The van der Waals surface area contributed by atoms with Crippen molar-refractivity contribution >= 4 is 21.6 Å². The Bertz CT molecular complexity index is 448. The molecule has 1 fully saturated rings. The standard InChI is InChI=1S/C13H16BrF3N2/c14-10-6-9(13(15,16)17)4-5-12(10)19-7-8-2-1-3-11(8)18/h4-6,8,11,19H,1-3,7,18H2. The molecule has 1 aliphatic rings. The highest BCUT2D eigenvalue weighted by molar-refractivity contribution is 9.10. The van der Waals surface area contributed by atoms with E-state index in [1.165, 1.54) is 6.07 Å². The zero-order valence-corrected chi connectivity index (χ0v) is 11.9. The van der Waals surface area contributed by atoms with Crippen LogP contribution in [-0.2, 0) is 6.18 Å². The predicted octanol–water partition coefficient (Wildman–Crippen LogP) is 4.01. The van der Waals surface area contributed by atoms with Gasteiger partial charge in [0.1, 0.15) is 0 Å². The van der Waals surface area contributed by atoms with E-state index >= 15 is 0 Å². The average molecular weight is 337 g/mol. The zero-order valence-electron chi connectivity index (χ0n) is 10.3. The van der Waals surface area contributed by atoms with Gasteiger partial charge < -0.3 is 11.1 Å². The van der Waals surface area contributed by atoms with E-state index in [1.807, 2.05) is 0 Å². The van der Waals surface area contributed by atoms with Crippen molar-refractivity contribution in [3.63, 3.8) is 0 Å². The number of alkyl halides is 3. The van der Waals surface area contributed by atoms with E-state index in [0.29, 0.717) is 22.6 Å². The lowest BCUT2D eigenvalue weighted by atomic mass is 10.0. The number of halogens is 4. The minimum absolute atomic E-state index is 0.195. The van der Waals surface area contributed by atoms with Gasteiger partial charge in [-0.2, -0.15) is 13.2 Å². The molecule has 3 N–H and O–H groups in total. The maximum Gasteiger partial charge on any atom is 0.416 e. The smallest absolute Gasteiger partial charge is 0.384 e. The Morgan fingerprint density at radius 1 is 1.32 bits per heavy atom. The Labute approximate surface area is 118 Å². The predicted molar refractivity (Wildman–Crippen MR) is 73.0 cm³/mol. The topological polar surface area (TPSA) is 38.0 Å². The maximum atomic E-state index is 12.5. The van der Waals surface area contributed by atoms with Crippen molar-refractivity contribution in [2.45, 2.75) is 31.5 Å². The van der Waals surface area contributed by atoms with Gasteiger partial charge in [0.2, 0.25) is 0 Å². The summed E-state index contributed by atoms with van der Waals surface area (Å²) in [6.07, 6.45) is -1.08. The van der Waals surface area contributed by atoms with E-state index in [-0.39, 0.29) is 6.04 Å². The minimum atomic E-state index is -4.31. The van der Waals surface area contributed by atoms with E-state index < -0.39 is 11.7 Å². The number of nitrogens with one attached hydrogen (secondary N) is 1. The van der Waals surface area contributed by atoms with Crippen LogP contribution in [0, 0.1) is 5.92 Å².